The SMILES string of the molecule is Cc1cc(C(=O)N2CC(N)(C3CC3)C2)c(C)nn1. The highest BCUT2D eigenvalue weighted by Crippen LogP contribution is 2.43. The second-order valence-electron chi connectivity index (χ2n) is 5.65. The molecule has 0 aromatic carbocycles. The predicted molar refractivity (Wildman–Crippen MR) is 67.1 cm³/mol. The molecule has 2 heterocycles. The van der Waals surface area contributed by atoms with Gasteiger partial charge in [-0.3, -0.25) is 4.79 Å². The molecular weight excluding hydrogens is 228 g/mol. The van der Waals surface area contributed by atoms with E-state index in [1.807, 2.05) is 18.7 Å². The Morgan fingerprint density at radius 1 is 1.39 bits per heavy atom. The summed E-state index contributed by atoms with van der Waals surface area (Å²) in [6.45, 7) is 5.02. The van der Waals surface area contributed by atoms with Crippen LogP contribution < -0.4 is 5.73 Å². The standard InChI is InChI=1S/C13H18N4O/c1-8-5-11(9(2)16-15-8)12(18)17-6-13(14,7-17)10-3-4-10/h5,10H,3-4,6-7,14H2,1-2H3. The van der Waals surface area contributed by atoms with Gasteiger partial charge in [0.1, 0.15) is 0 Å². The van der Waals surface area contributed by atoms with E-state index in [0.29, 0.717) is 30.3 Å². The number of nitrogens with two attached hydrogens (primary N) is 1. The fourth-order valence-electron chi connectivity index (χ4n) is 2.66. The molecule has 1 saturated heterocycles. The van der Waals surface area contributed by atoms with Gasteiger partial charge >= 0.3 is 0 Å². The molecule has 0 radical (unpaired) electrons. The van der Waals surface area contributed by atoms with Crippen LogP contribution in [0.25, 0.3) is 0 Å². The quantitative estimate of drug-likeness (QED) is 0.832. The summed E-state index contributed by atoms with van der Waals surface area (Å²) < 4.78 is 0. The first-order valence-electron chi connectivity index (χ1n) is 6.39. The van der Waals surface area contributed by atoms with E-state index in [1.165, 1.54) is 12.8 Å². The van der Waals surface area contributed by atoms with E-state index < -0.39 is 0 Å². The summed E-state index contributed by atoms with van der Waals surface area (Å²) in [6, 6.07) is 1.80. The van der Waals surface area contributed by atoms with Gasteiger partial charge in [0.2, 0.25) is 0 Å². The summed E-state index contributed by atoms with van der Waals surface area (Å²) in [4.78, 5) is 14.2. The van der Waals surface area contributed by atoms with Crippen LogP contribution in [0.1, 0.15) is 34.6 Å². The molecule has 5 heteroatoms. The van der Waals surface area contributed by atoms with Gasteiger partial charge in [-0.05, 0) is 38.7 Å². The van der Waals surface area contributed by atoms with E-state index in [0.717, 1.165) is 5.69 Å². The third-order valence-corrected chi connectivity index (χ3v) is 3.98. The maximum atomic E-state index is 12.3. The van der Waals surface area contributed by atoms with E-state index in [4.69, 9.17) is 5.73 Å². The van der Waals surface area contributed by atoms with Crippen LogP contribution in [0.3, 0.4) is 0 Å². The Morgan fingerprint density at radius 3 is 2.67 bits per heavy atom. The molecular formula is C13H18N4O. The summed E-state index contributed by atoms with van der Waals surface area (Å²) in [5.74, 6) is 0.659. The molecule has 2 N–H and O–H groups in total. The Bertz CT molecular complexity index is 504. The van der Waals surface area contributed by atoms with E-state index in [1.54, 1.807) is 6.07 Å². The van der Waals surface area contributed by atoms with Gasteiger partial charge in [-0.15, -0.1) is 0 Å². The minimum atomic E-state index is -0.126. The summed E-state index contributed by atoms with van der Waals surface area (Å²) in [7, 11) is 0. The number of carbonyl (C=O) groups is 1. The van der Waals surface area contributed by atoms with Crippen molar-refractivity contribution in [3.63, 3.8) is 0 Å². The van der Waals surface area contributed by atoms with Crippen molar-refractivity contribution in [3.05, 3.63) is 23.0 Å². The van der Waals surface area contributed by atoms with Crippen LogP contribution in [-0.4, -0.2) is 39.6 Å². The van der Waals surface area contributed by atoms with Crippen molar-refractivity contribution in [1.29, 1.82) is 0 Å². The van der Waals surface area contributed by atoms with Crippen LogP contribution >= 0.6 is 0 Å². The number of carbonyl (C=O) groups excluding carboxylic acids is 1. The van der Waals surface area contributed by atoms with Gasteiger partial charge < -0.3 is 10.6 Å². The highest BCUT2D eigenvalue weighted by molar-refractivity contribution is 5.96. The van der Waals surface area contributed by atoms with Gasteiger partial charge in [0.25, 0.3) is 5.91 Å². The van der Waals surface area contributed by atoms with Crippen LogP contribution in [0.2, 0.25) is 0 Å². The van der Waals surface area contributed by atoms with Crippen LogP contribution in [0, 0.1) is 19.8 Å². The first-order chi connectivity index (χ1) is 8.49. The fourth-order valence-corrected chi connectivity index (χ4v) is 2.66. The maximum absolute atomic E-state index is 12.3. The molecule has 0 spiro atoms. The van der Waals surface area contributed by atoms with E-state index >= 15 is 0 Å². The molecule has 1 saturated carbocycles. The second kappa shape index (κ2) is 3.75. The monoisotopic (exact) mass is 246 g/mol. The summed E-state index contributed by atoms with van der Waals surface area (Å²) >= 11 is 0. The van der Waals surface area contributed by atoms with Crippen molar-refractivity contribution in [2.75, 3.05) is 13.1 Å². The third-order valence-electron chi connectivity index (χ3n) is 3.98. The molecule has 5 nitrogen and oxygen atoms in total. The minimum Gasteiger partial charge on any atom is -0.335 e. The smallest absolute Gasteiger partial charge is 0.255 e. The lowest BCUT2D eigenvalue weighted by Crippen LogP contribution is -2.69. The zero-order valence-corrected chi connectivity index (χ0v) is 10.8. The summed E-state index contributed by atoms with van der Waals surface area (Å²) in [5, 5.41) is 7.94. The largest absolute Gasteiger partial charge is 0.335 e. The third kappa shape index (κ3) is 1.79. The van der Waals surface area contributed by atoms with Gasteiger partial charge in [0.05, 0.1) is 22.5 Å². The normalized spacial score (nSPS) is 21.6. The van der Waals surface area contributed by atoms with Gasteiger partial charge in [0, 0.05) is 13.1 Å². The van der Waals surface area contributed by atoms with Crippen molar-refractivity contribution in [1.82, 2.24) is 15.1 Å². The van der Waals surface area contributed by atoms with E-state index in [2.05, 4.69) is 10.2 Å². The van der Waals surface area contributed by atoms with Crippen LogP contribution in [-0.2, 0) is 0 Å². The molecule has 1 aromatic heterocycles. The lowest BCUT2D eigenvalue weighted by atomic mass is 9.85. The molecule has 0 atom stereocenters. The molecule has 0 bridgehead atoms. The van der Waals surface area contributed by atoms with Crippen molar-refractivity contribution in [2.45, 2.75) is 32.2 Å². The zero-order valence-electron chi connectivity index (χ0n) is 10.8. The summed E-state index contributed by atoms with van der Waals surface area (Å²) in [5.41, 5.74) is 8.24. The maximum Gasteiger partial charge on any atom is 0.255 e. The number of hydrogen-bond acceptors (Lipinski definition) is 4. The molecule has 0 unspecified atom stereocenters. The van der Waals surface area contributed by atoms with Crippen LogP contribution in [0.5, 0.6) is 0 Å². The Morgan fingerprint density at radius 2 is 2.06 bits per heavy atom. The van der Waals surface area contributed by atoms with Gasteiger partial charge in [0.15, 0.2) is 0 Å². The Kier molecular flexibility index (Phi) is 2.41. The topological polar surface area (TPSA) is 72.1 Å². The van der Waals surface area contributed by atoms with Crippen LogP contribution in [0.4, 0.5) is 0 Å². The first kappa shape index (κ1) is 11.6. The van der Waals surface area contributed by atoms with Crippen molar-refractivity contribution >= 4 is 5.91 Å². The number of nitrogens with zero attached hydrogens (tertiary/aromatic N) is 3. The molecule has 2 fully saturated rings. The van der Waals surface area contributed by atoms with Crippen molar-refractivity contribution in [3.8, 4) is 0 Å². The number of aromatic nitrogens is 2. The molecule has 1 aliphatic carbocycles. The molecule has 1 aliphatic heterocycles. The fraction of sp³-hybridized carbons (Fsp3) is 0.615. The molecule has 18 heavy (non-hydrogen) atoms. The number of aryl methyl sites for hydroxylation is 2. The zero-order chi connectivity index (χ0) is 12.9. The molecule has 2 aliphatic rings. The molecule has 1 amide bonds. The van der Waals surface area contributed by atoms with Gasteiger partial charge in [-0.25, -0.2) is 0 Å². The first-order valence-corrected chi connectivity index (χ1v) is 6.39. The summed E-state index contributed by atoms with van der Waals surface area (Å²) in [6.07, 6.45) is 2.43. The number of amides is 1. The molecule has 96 valence electrons. The number of rotatable bonds is 2. The Balaban J connectivity index is 1.74. The van der Waals surface area contributed by atoms with Gasteiger partial charge in [-0.2, -0.15) is 10.2 Å². The van der Waals surface area contributed by atoms with E-state index in [9.17, 15) is 4.79 Å². The molecule has 1 aromatic rings. The van der Waals surface area contributed by atoms with Crippen molar-refractivity contribution < 1.29 is 4.79 Å². The number of likely N-dealkylation sites (tertiary alicyclic amines) is 1. The van der Waals surface area contributed by atoms with Crippen molar-refractivity contribution in [2.24, 2.45) is 11.7 Å². The average Bonchev–Trinajstić information content (AvgIpc) is 3.11. The minimum absolute atomic E-state index is 0.0345. The second-order valence-corrected chi connectivity index (χ2v) is 5.65. The van der Waals surface area contributed by atoms with Gasteiger partial charge in [-0.1, -0.05) is 0 Å². The van der Waals surface area contributed by atoms with E-state index in [-0.39, 0.29) is 11.4 Å². The Hall–Kier alpha value is -1.49. The lowest BCUT2D eigenvalue weighted by molar-refractivity contribution is 0.0349. The number of hydrogen-bond donors (Lipinski definition) is 1. The lowest BCUT2D eigenvalue weighted by Gasteiger charge is -2.48. The molecule has 3 rings (SSSR count). The highest BCUT2D eigenvalue weighted by atomic mass is 16.2. The highest BCUT2D eigenvalue weighted by Gasteiger charge is 2.51. The average molecular weight is 246 g/mol. The predicted octanol–water partition coefficient (Wildman–Crippen LogP) is 0.657. The van der Waals surface area contributed by atoms with Crippen LogP contribution in [0.15, 0.2) is 6.07 Å². The Labute approximate surface area is 106 Å².